The highest BCUT2D eigenvalue weighted by Gasteiger charge is 2.44. The van der Waals surface area contributed by atoms with E-state index in [1.54, 1.807) is 0 Å². The van der Waals surface area contributed by atoms with Crippen molar-refractivity contribution in [2.75, 3.05) is 13.2 Å². The molecule has 2 aliphatic heterocycles. The van der Waals surface area contributed by atoms with Crippen molar-refractivity contribution >= 4 is 0 Å². The maximum Gasteiger partial charge on any atom is 0.186 e. The summed E-state index contributed by atoms with van der Waals surface area (Å²) in [6.07, 6.45) is -13.1. The molecule has 0 spiro atoms. The Bertz CT molecular complexity index is 341. The second kappa shape index (κ2) is 6.79. The minimum atomic E-state index is -1.69. The molecule has 2 fully saturated rings. The SMILES string of the molecule is OC1O[C@H](COC2OC[C@H](O)[C@H](O)[C@H]2O)[C@@H](O)[C@H](O)[C@H]1O. The molecule has 9 atom stereocenters. The Balaban J connectivity index is 1.88. The zero-order valence-corrected chi connectivity index (χ0v) is 11.0. The fourth-order valence-corrected chi connectivity index (χ4v) is 2.18. The van der Waals surface area contributed by atoms with Crippen LogP contribution in [0.2, 0.25) is 0 Å². The topological polar surface area (TPSA) is 169 Å². The lowest BCUT2D eigenvalue weighted by atomic mass is 9.99. The van der Waals surface area contributed by atoms with Crippen LogP contribution in [0, 0.1) is 0 Å². The molecule has 21 heavy (non-hydrogen) atoms. The van der Waals surface area contributed by atoms with Gasteiger partial charge in [-0.25, -0.2) is 0 Å². The lowest BCUT2D eigenvalue weighted by Crippen LogP contribution is -2.59. The minimum Gasteiger partial charge on any atom is -0.388 e. The zero-order valence-electron chi connectivity index (χ0n) is 11.0. The van der Waals surface area contributed by atoms with Crippen molar-refractivity contribution in [3.8, 4) is 0 Å². The van der Waals surface area contributed by atoms with Crippen LogP contribution in [-0.4, -0.2) is 104 Å². The van der Waals surface area contributed by atoms with E-state index in [0.29, 0.717) is 0 Å². The first-order valence-electron chi connectivity index (χ1n) is 6.48. The molecule has 2 aliphatic rings. The minimum absolute atomic E-state index is 0.249. The summed E-state index contributed by atoms with van der Waals surface area (Å²) in [6.45, 7) is -0.631. The second-order valence-electron chi connectivity index (χ2n) is 5.12. The first-order chi connectivity index (χ1) is 9.82. The maximum absolute atomic E-state index is 9.70. The highest BCUT2D eigenvalue weighted by Crippen LogP contribution is 2.22. The van der Waals surface area contributed by atoms with Crippen molar-refractivity contribution in [1.29, 1.82) is 0 Å². The van der Waals surface area contributed by atoms with Crippen molar-refractivity contribution in [2.45, 2.75) is 55.3 Å². The molecule has 2 unspecified atom stereocenters. The van der Waals surface area contributed by atoms with E-state index in [0.717, 1.165) is 0 Å². The predicted molar refractivity (Wildman–Crippen MR) is 62.6 cm³/mol. The third-order valence-electron chi connectivity index (χ3n) is 3.57. The van der Waals surface area contributed by atoms with Crippen LogP contribution in [0.15, 0.2) is 0 Å². The lowest BCUT2D eigenvalue weighted by molar-refractivity contribution is -0.312. The molecule has 0 aromatic carbocycles. The van der Waals surface area contributed by atoms with Gasteiger partial charge in [0.05, 0.1) is 13.2 Å². The van der Waals surface area contributed by atoms with E-state index in [1.165, 1.54) is 0 Å². The number of hydrogen-bond donors (Lipinski definition) is 7. The summed E-state index contributed by atoms with van der Waals surface area (Å²) in [5.74, 6) is 0. The molecule has 0 radical (unpaired) electrons. The molecule has 0 bridgehead atoms. The van der Waals surface area contributed by atoms with E-state index in [-0.39, 0.29) is 13.2 Å². The molecule has 2 heterocycles. The fraction of sp³-hybridized carbons (Fsp3) is 1.00. The number of rotatable bonds is 3. The summed E-state index contributed by atoms with van der Waals surface area (Å²) in [7, 11) is 0. The standard InChI is InChI=1S/C11H20O10/c12-3-1-19-11(9(17)5(3)13)20-2-4-6(14)7(15)8(16)10(18)21-4/h3-18H,1-2H2/t3-,4+,5-,6+,7-,8+,9+,10?,11?/m0/s1. The molecule has 124 valence electrons. The third kappa shape index (κ3) is 3.51. The smallest absolute Gasteiger partial charge is 0.186 e. The highest BCUT2D eigenvalue weighted by molar-refractivity contribution is 4.89. The second-order valence-corrected chi connectivity index (χ2v) is 5.12. The molecule has 10 heteroatoms. The van der Waals surface area contributed by atoms with Crippen molar-refractivity contribution in [1.82, 2.24) is 0 Å². The van der Waals surface area contributed by atoms with E-state index < -0.39 is 55.3 Å². The molecule has 2 saturated heterocycles. The summed E-state index contributed by atoms with van der Waals surface area (Å²) < 4.78 is 15.0. The first kappa shape index (κ1) is 17.0. The molecular weight excluding hydrogens is 292 g/mol. The highest BCUT2D eigenvalue weighted by atomic mass is 16.7. The Morgan fingerprint density at radius 3 is 2.14 bits per heavy atom. The van der Waals surface area contributed by atoms with E-state index >= 15 is 0 Å². The van der Waals surface area contributed by atoms with Crippen LogP contribution in [-0.2, 0) is 14.2 Å². The number of aliphatic hydroxyl groups excluding tert-OH is 7. The quantitative estimate of drug-likeness (QED) is 0.268. The van der Waals surface area contributed by atoms with Crippen LogP contribution in [0.5, 0.6) is 0 Å². The zero-order chi connectivity index (χ0) is 15.7. The van der Waals surface area contributed by atoms with Gasteiger partial charge in [-0.1, -0.05) is 0 Å². The largest absolute Gasteiger partial charge is 0.388 e. The first-order valence-corrected chi connectivity index (χ1v) is 6.48. The molecule has 0 aromatic rings. The van der Waals surface area contributed by atoms with Crippen LogP contribution in [0.3, 0.4) is 0 Å². The average molecular weight is 312 g/mol. The van der Waals surface area contributed by atoms with Crippen molar-refractivity contribution in [3.05, 3.63) is 0 Å². The van der Waals surface area contributed by atoms with Gasteiger partial charge in [0.15, 0.2) is 12.6 Å². The van der Waals surface area contributed by atoms with Gasteiger partial charge in [-0.05, 0) is 0 Å². The Morgan fingerprint density at radius 2 is 1.48 bits per heavy atom. The van der Waals surface area contributed by atoms with Gasteiger partial charge in [0.25, 0.3) is 0 Å². The van der Waals surface area contributed by atoms with Gasteiger partial charge < -0.3 is 50.0 Å². The van der Waals surface area contributed by atoms with Gasteiger partial charge in [0.2, 0.25) is 0 Å². The Labute approximate surface area is 119 Å². The molecule has 0 amide bonds. The van der Waals surface area contributed by atoms with Gasteiger partial charge in [-0.15, -0.1) is 0 Å². The van der Waals surface area contributed by atoms with Gasteiger partial charge in [-0.2, -0.15) is 0 Å². The van der Waals surface area contributed by atoms with E-state index in [2.05, 4.69) is 0 Å². The van der Waals surface area contributed by atoms with Gasteiger partial charge in [0.1, 0.15) is 42.7 Å². The summed E-state index contributed by atoms with van der Waals surface area (Å²) >= 11 is 0. The molecule has 0 aliphatic carbocycles. The molecule has 0 saturated carbocycles. The van der Waals surface area contributed by atoms with Crippen LogP contribution in [0.1, 0.15) is 0 Å². The predicted octanol–water partition coefficient (Wildman–Crippen LogP) is -4.76. The Hall–Kier alpha value is -0.400. The number of aliphatic hydroxyl groups is 7. The Kier molecular flexibility index (Phi) is 5.48. The van der Waals surface area contributed by atoms with E-state index in [4.69, 9.17) is 14.2 Å². The average Bonchev–Trinajstić information content (AvgIpc) is 2.46. The lowest BCUT2D eigenvalue weighted by Gasteiger charge is -2.40. The van der Waals surface area contributed by atoms with E-state index in [1.807, 2.05) is 0 Å². The number of ether oxygens (including phenoxy) is 3. The molecular formula is C11H20O10. The molecule has 0 aromatic heterocycles. The van der Waals surface area contributed by atoms with Crippen LogP contribution in [0.25, 0.3) is 0 Å². The van der Waals surface area contributed by atoms with E-state index in [9.17, 15) is 35.7 Å². The summed E-state index contributed by atoms with van der Waals surface area (Å²) in [5, 5.41) is 66.2. The summed E-state index contributed by atoms with van der Waals surface area (Å²) in [5.41, 5.74) is 0. The summed E-state index contributed by atoms with van der Waals surface area (Å²) in [6, 6.07) is 0. The van der Waals surface area contributed by atoms with Gasteiger partial charge in [0, 0.05) is 0 Å². The van der Waals surface area contributed by atoms with Crippen LogP contribution in [0.4, 0.5) is 0 Å². The third-order valence-corrected chi connectivity index (χ3v) is 3.57. The molecule has 7 N–H and O–H groups in total. The maximum atomic E-state index is 9.70. The van der Waals surface area contributed by atoms with Crippen LogP contribution < -0.4 is 0 Å². The summed E-state index contributed by atoms with van der Waals surface area (Å²) in [4.78, 5) is 0. The van der Waals surface area contributed by atoms with Gasteiger partial charge >= 0.3 is 0 Å². The van der Waals surface area contributed by atoms with Crippen molar-refractivity contribution in [3.63, 3.8) is 0 Å². The van der Waals surface area contributed by atoms with Gasteiger partial charge in [-0.3, -0.25) is 0 Å². The molecule has 10 nitrogen and oxygen atoms in total. The van der Waals surface area contributed by atoms with Crippen molar-refractivity contribution < 1.29 is 50.0 Å². The Morgan fingerprint density at radius 1 is 0.810 bits per heavy atom. The van der Waals surface area contributed by atoms with Crippen molar-refractivity contribution in [2.24, 2.45) is 0 Å². The van der Waals surface area contributed by atoms with Crippen LogP contribution >= 0.6 is 0 Å². The fourth-order valence-electron chi connectivity index (χ4n) is 2.18. The monoisotopic (exact) mass is 312 g/mol. The number of hydrogen-bond acceptors (Lipinski definition) is 10. The normalized spacial score (nSPS) is 51.9. The molecule has 2 rings (SSSR count).